The zero-order valence-electron chi connectivity index (χ0n) is 12.1. The minimum Gasteiger partial charge on any atom is -0.369 e. The molecule has 0 spiro atoms. The molecule has 1 fully saturated rings. The molecule has 114 valence electrons. The molecule has 0 aliphatic carbocycles. The predicted octanol–water partition coefficient (Wildman–Crippen LogP) is 2.56. The number of pyridine rings is 1. The van der Waals surface area contributed by atoms with Crippen LogP contribution in [0.15, 0.2) is 12.3 Å². The Bertz CT molecular complexity index is 514. The number of amides is 1. The molecule has 1 aromatic heterocycles. The minimum atomic E-state index is 0.203. The van der Waals surface area contributed by atoms with Gasteiger partial charge in [-0.2, -0.15) is 0 Å². The fraction of sp³-hybridized carbons (Fsp3) is 0.533. The van der Waals surface area contributed by atoms with E-state index in [1.165, 1.54) is 6.20 Å². The fourth-order valence-electron chi connectivity index (χ4n) is 2.35. The van der Waals surface area contributed by atoms with Gasteiger partial charge in [0.1, 0.15) is 5.82 Å². The number of anilines is 1. The Labute approximate surface area is 138 Å². The monoisotopic (exact) mass is 401 g/mol. The number of piperidine rings is 1. The maximum Gasteiger partial charge on any atom is 0.224 e. The summed E-state index contributed by atoms with van der Waals surface area (Å²) in [6.07, 6.45) is 4.99. The van der Waals surface area contributed by atoms with Crippen molar-refractivity contribution in [2.75, 3.05) is 25.0 Å². The molecule has 0 unspecified atom stereocenters. The first-order chi connectivity index (χ1) is 10.1. The summed E-state index contributed by atoms with van der Waals surface area (Å²) in [6.45, 7) is 4.56. The van der Waals surface area contributed by atoms with Crippen LogP contribution in [0.3, 0.4) is 0 Å². The SMILES string of the molecule is CC1CCN(C(=O)CCNc2ncc(C=O)cc2I)CC1. The highest BCUT2D eigenvalue weighted by molar-refractivity contribution is 14.1. The molecule has 5 nitrogen and oxygen atoms in total. The second-order valence-electron chi connectivity index (χ2n) is 5.46. The lowest BCUT2D eigenvalue weighted by Gasteiger charge is -2.30. The Kier molecular flexibility index (Phi) is 5.96. The number of hydrogen-bond donors (Lipinski definition) is 1. The molecule has 0 radical (unpaired) electrons. The number of aldehydes is 1. The number of rotatable bonds is 5. The molecule has 1 N–H and O–H groups in total. The van der Waals surface area contributed by atoms with Crippen LogP contribution in [0.25, 0.3) is 0 Å². The Morgan fingerprint density at radius 1 is 1.52 bits per heavy atom. The Balaban J connectivity index is 1.78. The second-order valence-corrected chi connectivity index (χ2v) is 6.62. The van der Waals surface area contributed by atoms with Crippen molar-refractivity contribution in [1.82, 2.24) is 9.88 Å². The van der Waals surface area contributed by atoms with Crippen LogP contribution in [-0.4, -0.2) is 41.7 Å². The minimum absolute atomic E-state index is 0.203. The molecular formula is C15H20IN3O2. The Hall–Kier alpha value is -1.18. The van der Waals surface area contributed by atoms with Gasteiger partial charge in [0, 0.05) is 37.8 Å². The van der Waals surface area contributed by atoms with E-state index in [4.69, 9.17) is 0 Å². The number of carbonyl (C=O) groups excluding carboxylic acids is 2. The standard InChI is InChI=1S/C15H20IN3O2/c1-11-3-6-19(7-4-11)14(21)2-5-17-15-13(16)8-12(10-20)9-18-15/h8-11H,2-7H2,1H3,(H,17,18). The summed E-state index contributed by atoms with van der Waals surface area (Å²) in [7, 11) is 0. The zero-order valence-corrected chi connectivity index (χ0v) is 14.3. The van der Waals surface area contributed by atoms with Crippen LogP contribution in [0, 0.1) is 9.49 Å². The van der Waals surface area contributed by atoms with Gasteiger partial charge in [0.15, 0.2) is 6.29 Å². The molecule has 0 atom stereocenters. The third-order valence-corrected chi connectivity index (χ3v) is 4.59. The lowest BCUT2D eigenvalue weighted by Crippen LogP contribution is -2.38. The van der Waals surface area contributed by atoms with Crippen LogP contribution in [0.5, 0.6) is 0 Å². The van der Waals surface area contributed by atoms with Crippen LogP contribution in [0.2, 0.25) is 0 Å². The first kappa shape index (κ1) is 16.2. The average molecular weight is 401 g/mol. The third-order valence-electron chi connectivity index (χ3n) is 3.77. The van der Waals surface area contributed by atoms with Crippen molar-refractivity contribution in [2.45, 2.75) is 26.2 Å². The second kappa shape index (κ2) is 7.72. The van der Waals surface area contributed by atoms with Gasteiger partial charge in [0.2, 0.25) is 5.91 Å². The molecule has 21 heavy (non-hydrogen) atoms. The lowest BCUT2D eigenvalue weighted by molar-refractivity contribution is -0.132. The molecule has 6 heteroatoms. The van der Waals surface area contributed by atoms with Crippen molar-refractivity contribution in [3.05, 3.63) is 21.4 Å². The van der Waals surface area contributed by atoms with Crippen molar-refractivity contribution in [3.63, 3.8) is 0 Å². The molecule has 1 aliphatic heterocycles. The van der Waals surface area contributed by atoms with Gasteiger partial charge < -0.3 is 10.2 Å². The van der Waals surface area contributed by atoms with Gasteiger partial charge in [-0.05, 0) is 47.4 Å². The van der Waals surface area contributed by atoms with Crippen molar-refractivity contribution < 1.29 is 9.59 Å². The number of hydrogen-bond acceptors (Lipinski definition) is 4. The van der Waals surface area contributed by atoms with E-state index < -0.39 is 0 Å². The number of aromatic nitrogens is 1. The molecule has 2 heterocycles. The highest BCUT2D eigenvalue weighted by Crippen LogP contribution is 2.18. The van der Waals surface area contributed by atoms with Crippen LogP contribution in [-0.2, 0) is 4.79 Å². The molecule has 0 aromatic carbocycles. The topological polar surface area (TPSA) is 62.3 Å². The Morgan fingerprint density at radius 2 is 2.24 bits per heavy atom. The van der Waals surface area contributed by atoms with Gasteiger partial charge in [-0.1, -0.05) is 6.92 Å². The van der Waals surface area contributed by atoms with Gasteiger partial charge in [0.05, 0.1) is 3.57 Å². The summed E-state index contributed by atoms with van der Waals surface area (Å²) < 4.78 is 0.886. The van der Waals surface area contributed by atoms with Gasteiger partial charge in [-0.15, -0.1) is 0 Å². The maximum atomic E-state index is 12.1. The van der Waals surface area contributed by atoms with Crippen molar-refractivity contribution in [1.29, 1.82) is 0 Å². The largest absolute Gasteiger partial charge is 0.369 e. The van der Waals surface area contributed by atoms with E-state index in [1.807, 2.05) is 4.90 Å². The van der Waals surface area contributed by atoms with E-state index in [0.29, 0.717) is 18.5 Å². The first-order valence-corrected chi connectivity index (χ1v) is 8.30. The average Bonchev–Trinajstić information content (AvgIpc) is 2.49. The van der Waals surface area contributed by atoms with E-state index >= 15 is 0 Å². The van der Waals surface area contributed by atoms with Crippen molar-refractivity contribution in [2.24, 2.45) is 5.92 Å². The van der Waals surface area contributed by atoms with E-state index in [0.717, 1.165) is 47.5 Å². The molecule has 0 bridgehead atoms. The molecule has 1 aliphatic rings. The summed E-state index contributed by atoms with van der Waals surface area (Å²) in [5, 5.41) is 3.16. The van der Waals surface area contributed by atoms with Crippen molar-refractivity contribution in [3.8, 4) is 0 Å². The van der Waals surface area contributed by atoms with Crippen molar-refractivity contribution >= 4 is 40.6 Å². The molecule has 0 saturated carbocycles. The van der Waals surface area contributed by atoms with Gasteiger partial charge in [0.25, 0.3) is 0 Å². The number of carbonyl (C=O) groups is 2. The predicted molar refractivity (Wildman–Crippen MR) is 90.4 cm³/mol. The normalized spacial score (nSPS) is 15.8. The highest BCUT2D eigenvalue weighted by atomic mass is 127. The summed E-state index contributed by atoms with van der Waals surface area (Å²) in [5.74, 6) is 1.66. The van der Waals surface area contributed by atoms with E-state index in [2.05, 4.69) is 39.8 Å². The van der Waals surface area contributed by atoms with E-state index in [9.17, 15) is 9.59 Å². The molecule has 1 saturated heterocycles. The third kappa shape index (κ3) is 4.66. The van der Waals surface area contributed by atoms with Crippen LogP contribution in [0.4, 0.5) is 5.82 Å². The smallest absolute Gasteiger partial charge is 0.224 e. The van der Waals surface area contributed by atoms with Gasteiger partial charge >= 0.3 is 0 Å². The van der Waals surface area contributed by atoms with Crippen LogP contribution >= 0.6 is 22.6 Å². The fourth-order valence-corrected chi connectivity index (χ4v) is 3.04. The molecular weight excluding hydrogens is 381 g/mol. The van der Waals surface area contributed by atoms with Gasteiger partial charge in [-0.3, -0.25) is 9.59 Å². The zero-order chi connectivity index (χ0) is 15.2. The summed E-state index contributed by atoms with van der Waals surface area (Å²) in [6, 6.07) is 1.77. The van der Waals surface area contributed by atoms with E-state index in [-0.39, 0.29) is 5.91 Å². The molecule has 1 aromatic rings. The first-order valence-electron chi connectivity index (χ1n) is 7.22. The van der Waals surface area contributed by atoms with E-state index in [1.54, 1.807) is 6.07 Å². The van der Waals surface area contributed by atoms with Crippen LogP contribution < -0.4 is 5.32 Å². The summed E-state index contributed by atoms with van der Waals surface area (Å²) >= 11 is 2.13. The number of nitrogens with one attached hydrogen (secondary N) is 1. The number of halogens is 1. The molecule has 1 amide bonds. The lowest BCUT2D eigenvalue weighted by atomic mass is 9.99. The summed E-state index contributed by atoms with van der Waals surface area (Å²) in [5.41, 5.74) is 0.559. The highest BCUT2D eigenvalue weighted by Gasteiger charge is 2.19. The molecule has 2 rings (SSSR count). The maximum absolute atomic E-state index is 12.1. The number of nitrogens with zero attached hydrogens (tertiary/aromatic N) is 2. The number of likely N-dealkylation sites (tertiary alicyclic amines) is 1. The summed E-state index contributed by atoms with van der Waals surface area (Å²) in [4.78, 5) is 28.9. The van der Waals surface area contributed by atoms with Gasteiger partial charge in [-0.25, -0.2) is 4.98 Å². The Morgan fingerprint density at radius 3 is 2.86 bits per heavy atom. The quantitative estimate of drug-likeness (QED) is 0.609. The van der Waals surface area contributed by atoms with Crippen LogP contribution in [0.1, 0.15) is 36.5 Å².